The summed E-state index contributed by atoms with van der Waals surface area (Å²) in [7, 11) is 0. The van der Waals surface area contributed by atoms with Crippen LogP contribution in [0.1, 0.15) is 142 Å². The minimum atomic E-state index is -0.373. The quantitative estimate of drug-likeness (QED) is 0.163. The molecule has 4 aliphatic rings. The van der Waals surface area contributed by atoms with Crippen molar-refractivity contribution in [3.05, 3.63) is 239 Å². The lowest BCUT2D eigenvalue weighted by Gasteiger charge is -2.50. The fourth-order valence-corrected chi connectivity index (χ4v) is 17.3. The van der Waals surface area contributed by atoms with Crippen LogP contribution in [0.2, 0.25) is 0 Å². The van der Waals surface area contributed by atoms with Crippen LogP contribution in [0.5, 0.6) is 0 Å². The summed E-state index contributed by atoms with van der Waals surface area (Å²) in [6.07, 6.45) is 0. The van der Waals surface area contributed by atoms with Crippen LogP contribution in [0.4, 0.5) is 28.4 Å². The van der Waals surface area contributed by atoms with E-state index in [2.05, 4.69) is 328 Å². The van der Waals surface area contributed by atoms with Crippen LogP contribution in [0.15, 0.2) is 205 Å². The van der Waals surface area contributed by atoms with Crippen molar-refractivity contribution in [2.24, 2.45) is 0 Å². The molecule has 0 N–H and O–H groups in total. The fourth-order valence-electron chi connectivity index (χ4n) is 15.8. The Bertz CT molecular complexity index is 4860. The van der Waals surface area contributed by atoms with Crippen molar-refractivity contribution in [2.45, 2.75) is 140 Å². The number of fused-ring (bicyclic) bond motifs is 16. The maximum Gasteiger partial charge on any atom is 0.234 e. The van der Waals surface area contributed by atoms with Gasteiger partial charge in [0.2, 0.25) is 6.71 Å². The second kappa shape index (κ2) is 18.4. The topological polar surface area (TPSA) is 16.3 Å². The average Bonchev–Trinajstić information content (AvgIpc) is 1.63. The minimum absolute atomic E-state index is 0.0150. The molecule has 2 unspecified atom stereocenters. The van der Waals surface area contributed by atoms with E-state index in [4.69, 9.17) is 0 Å². The molecule has 10 aromatic carbocycles. The van der Waals surface area contributed by atoms with Crippen molar-refractivity contribution < 1.29 is 0 Å². The maximum atomic E-state index is 2.80. The first-order chi connectivity index (χ1) is 41.5. The van der Waals surface area contributed by atoms with Gasteiger partial charge < -0.3 is 18.9 Å². The zero-order chi connectivity index (χ0) is 60.2. The van der Waals surface area contributed by atoms with E-state index in [1.165, 1.54) is 144 Å². The summed E-state index contributed by atoms with van der Waals surface area (Å²) in [5.74, 6) is 0. The van der Waals surface area contributed by atoms with Gasteiger partial charge in [-0.3, -0.25) is 0 Å². The van der Waals surface area contributed by atoms with Crippen molar-refractivity contribution in [3.8, 4) is 22.5 Å². The van der Waals surface area contributed by atoms with Crippen LogP contribution in [0.3, 0.4) is 0 Å². The van der Waals surface area contributed by atoms with E-state index >= 15 is 0 Å². The van der Waals surface area contributed by atoms with Gasteiger partial charge in [0.1, 0.15) is 0 Å². The van der Waals surface area contributed by atoms with E-state index in [0.29, 0.717) is 0 Å². The number of nitrogens with zero attached hydrogens (tertiary/aromatic N) is 4. The Kier molecular flexibility index (Phi) is 11.5. The van der Waals surface area contributed by atoms with Crippen LogP contribution >= 0.6 is 11.8 Å². The number of thioether (sulfide) groups is 1. The Morgan fingerprint density at radius 1 is 0.402 bits per heavy atom. The van der Waals surface area contributed by atoms with Gasteiger partial charge >= 0.3 is 0 Å². The molecule has 6 heteroatoms. The molecular weight excluding hydrogens is 1070 g/mol. The van der Waals surface area contributed by atoms with Gasteiger partial charge in [-0.15, -0.1) is 11.8 Å². The molecule has 0 bridgehead atoms. The molecule has 0 saturated heterocycles. The molecule has 0 saturated carbocycles. The third-order valence-electron chi connectivity index (χ3n) is 20.3. The van der Waals surface area contributed by atoms with Crippen LogP contribution < -0.4 is 20.7 Å². The number of hydrogen-bond acceptors (Lipinski definition) is 3. The summed E-state index contributed by atoms with van der Waals surface area (Å²) < 4.78 is 5.15. The van der Waals surface area contributed by atoms with Crippen molar-refractivity contribution in [2.75, 3.05) is 9.80 Å². The molecule has 0 radical (unpaired) electrons. The number of hydrogen-bond donors (Lipinski definition) is 0. The van der Waals surface area contributed by atoms with Gasteiger partial charge in [0.15, 0.2) is 0 Å². The molecule has 12 aromatic rings. The summed E-state index contributed by atoms with van der Waals surface area (Å²) in [5, 5.41) is 5.12. The Morgan fingerprint density at radius 3 is 1.54 bits per heavy atom. The zero-order valence-corrected chi connectivity index (χ0v) is 53.8. The Labute approximate surface area is 519 Å². The molecule has 87 heavy (non-hydrogen) atoms. The first-order valence-corrected chi connectivity index (χ1v) is 32.5. The van der Waals surface area contributed by atoms with E-state index in [-0.39, 0.29) is 45.0 Å². The first-order valence-electron chi connectivity index (χ1n) is 31.6. The molecule has 1 aliphatic carbocycles. The minimum Gasteiger partial charge on any atom is -0.334 e. The van der Waals surface area contributed by atoms with Crippen LogP contribution in [0.25, 0.3) is 66.1 Å². The molecule has 0 fully saturated rings. The normalized spacial score (nSPS) is 16.8. The van der Waals surface area contributed by atoms with Gasteiger partial charge in [0.25, 0.3) is 0 Å². The predicted molar refractivity (Wildman–Crippen MR) is 375 cm³/mol. The molecule has 2 atom stereocenters. The van der Waals surface area contributed by atoms with E-state index < -0.39 is 0 Å². The van der Waals surface area contributed by atoms with Crippen molar-refractivity contribution >= 4 is 101 Å². The Morgan fingerprint density at radius 2 is 0.920 bits per heavy atom. The fraction of sp³-hybridized carbons (Fsp3) is 0.259. The highest BCUT2D eigenvalue weighted by Crippen LogP contribution is 2.61. The summed E-state index contributed by atoms with van der Waals surface area (Å²) in [6, 6.07) is 78.3. The van der Waals surface area contributed by atoms with Gasteiger partial charge in [0, 0.05) is 71.1 Å². The monoisotopic (exact) mass is 1150 g/mol. The summed E-state index contributed by atoms with van der Waals surface area (Å²) in [4.78, 5) is 6.91. The Balaban J connectivity index is 1.07. The van der Waals surface area contributed by atoms with Crippen molar-refractivity contribution in [1.82, 2.24) is 9.13 Å². The van der Waals surface area contributed by atoms with Crippen molar-refractivity contribution in [3.63, 3.8) is 0 Å². The first kappa shape index (κ1) is 54.2. The lowest BCUT2D eigenvalue weighted by molar-refractivity contribution is 0.586. The number of anilines is 5. The molecule has 16 rings (SSSR count). The van der Waals surface area contributed by atoms with Gasteiger partial charge in [-0.1, -0.05) is 212 Å². The highest BCUT2D eigenvalue weighted by Gasteiger charge is 2.57. The zero-order valence-electron chi connectivity index (χ0n) is 53.0. The molecule has 2 aromatic heterocycles. The highest BCUT2D eigenvalue weighted by atomic mass is 32.2. The standard InChI is InChI=1S/C81H77BN4S/c1-77(2,3)48-32-37-53(38-33-48)84-67-43-51(80(10,11)12)44-68-73(67)82(76-75(60-42-50(79(7,8)9)36-41-70(60)87-76)85(68)54-39-34-49(35-40-54)78(4,5)6)74-69(84)47-66(72-71(74)57-28-18-21-29-61(57)81(72,13)14)86-63-31-23-20-27-56(63)59-45-64-58(46-65(59)86)55-26-19-22-30-62(55)83(64)52-24-16-15-17-25-52/h15-47,75-76H,1-14H3. The largest absolute Gasteiger partial charge is 0.334 e. The lowest BCUT2D eigenvalue weighted by Crippen LogP contribution is -2.63. The van der Waals surface area contributed by atoms with Gasteiger partial charge in [-0.2, -0.15) is 0 Å². The molecule has 3 aliphatic heterocycles. The smallest absolute Gasteiger partial charge is 0.234 e. The number of para-hydroxylation sites is 3. The second-order valence-corrected chi connectivity index (χ2v) is 31.4. The predicted octanol–water partition coefficient (Wildman–Crippen LogP) is 20.7. The molecular formula is C81H77BN4S. The third kappa shape index (κ3) is 7.91. The van der Waals surface area contributed by atoms with Gasteiger partial charge in [-0.25, -0.2) is 0 Å². The number of benzene rings is 10. The molecule has 430 valence electrons. The van der Waals surface area contributed by atoms with E-state index in [0.717, 1.165) is 5.69 Å². The van der Waals surface area contributed by atoms with Gasteiger partial charge in [0.05, 0.1) is 33.8 Å². The molecule has 5 heterocycles. The van der Waals surface area contributed by atoms with Crippen LogP contribution in [-0.4, -0.2) is 21.0 Å². The number of aromatic nitrogens is 2. The maximum absolute atomic E-state index is 2.80. The van der Waals surface area contributed by atoms with Crippen LogP contribution in [0, 0.1) is 0 Å². The average molecular weight is 1150 g/mol. The van der Waals surface area contributed by atoms with E-state index in [1.807, 2.05) is 0 Å². The Hall–Kier alpha value is -8.19. The lowest BCUT2D eigenvalue weighted by atomic mass is 9.32. The van der Waals surface area contributed by atoms with Crippen molar-refractivity contribution in [1.29, 1.82) is 0 Å². The summed E-state index contributed by atoms with van der Waals surface area (Å²) in [6.45, 7) is 33.4. The second-order valence-electron chi connectivity index (χ2n) is 30.2. The SMILES string of the molecule is CC(C)(C)c1ccc(N2c3cc(C(C)(C)C)cc4c3B(c3c2cc(-n2c5ccccc5c5cc6c(cc52)c2ccccc2n6-c2ccccc2)c2c3-c3ccccc3C2(C)C)C2Sc3ccc(C(C)(C)C)cc3C2N4c2ccc(C(C)(C)C)cc2)cc1. The molecule has 4 nitrogen and oxygen atoms in total. The third-order valence-corrected chi connectivity index (χ3v) is 21.7. The molecule has 0 spiro atoms. The summed E-state index contributed by atoms with van der Waals surface area (Å²) in [5.41, 5.74) is 28.1. The highest BCUT2D eigenvalue weighted by molar-refractivity contribution is 8.02. The van der Waals surface area contributed by atoms with Crippen LogP contribution in [-0.2, 0) is 27.1 Å². The van der Waals surface area contributed by atoms with E-state index in [9.17, 15) is 0 Å². The summed E-state index contributed by atoms with van der Waals surface area (Å²) >= 11 is 2.13. The van der Waals surface area contributed by atoms with Gasteiger partial charge in [-0.05, 0) is 168 Å². The number of rotatable bonds is 4. The van der Waals surface area contributed by atoms with E-state index in [1.54, 1.807) is 0 Å². The molecule has 0 amide bonds.